The van der Waals surface area contributed by atoms with E-state index in [9.17, 15) is 9.90 Å². The van der Waals surface area contributed by atoms with E-state index in [1.807, 2.05) is 12.1 Å². The molecule has 0 aromatic heterocycles. The van der Waals surface area contributed by atoms with Gasteiger partial charge in [0.25, 0.3) is 0 Å². The lowest BCUT2D eigenvalue weighted by molar-refractivity contribution is -0.145. The van der Waals surface area contributed by atoms with Crippen LogP contribution in [0.1, 0.15) is 56.6 Å². The summed E-state index contributed by atoms with van der Waals surface area (Å²) in [7, 11) is 3.25. The Kier molecular flexibility index (Phi) is 5.33. The molecule has 1 fully saturated rings. The van der Waals surface area contributed by atoms with Crippen LogP contribution in [-0.4, -0.2) is 25.3 Å². The maximum atomic E-state index is 12.1. The van der Waals surface area contributed by atoms with Crippen molar-refractivity contribution in [2.45, 2.75) is 57.3 Å². The number of benzene rings is 1. The Morgan fingerprint density at radius 1 is 1.14 bits per heavy atom. The molecule has 1 aliphatic carbocycles. The number of carbonyl (C=O) groups is 1. The second-order valence-corrected chi connectivity index (χ2v) is 6.06. The molecule has 4 nitrogen and oxygen atoms in total. The van der Waals surface area contributed by atoms with E-state index in [2.05, 4.69) is 6.92 Å². The van der Waals surface area contributed by atoms with Crippen molar-refractivity contribution in [1.82, 2.24) is 0 Å². The van der Waals surface area contributed by atoms with Crippen LogP contribution in [-0.2, 0) is 16.6 Å². The molecule has 0 spiro atoms. The molecule has 0 amide bonds. The highest BCUT2D eigenvalue weighted by Crippen LogP contribution is 2.45. The highest BCUT2D eigenvalue weighted by atomic mass is 16.5. The minimum absolute atomic E-state index is 0.662. The summed E-state index contributed by atoms with van der Waals surface area (Å²) < 4.78 is 11.0. The van der Waals surface area contributed by atoms with Gasteiger partial charge in [0.05, 0.1) is 19.6 Å². The van der Waals surface area contributed by atoms with Crippen LogP contribution in [0.4, 0.5) is 0 Å². The van der Waals surface area contributed by atoms with Crippen molar-refractivity contribution in [2.24, 2.45) is 0 Å². The second kappa shape index (κ2) is 7.03. The maximum Gasteiger partial charge on any atom is 0.314 e. The molecule has 122 valence electrons. The average Bonchev–Trinajstić information content (AvgIpc) is 2.55. The molecule has 1 N–H and O–H groups in total. The lowest BCUT2D eigenvalue weighted by atomic mass is 9.69. The monoisotopic (exact) mass is 306 g/mol. The van der Waals surface area contributed by atoms with Crippen LogP contribution in [0.2, 0.25) is 0 Å². The van der Waals surface area contributed by atoms with Crippen LogP contribution in [0.5, 0.6) is 11.5 Å². The van der Waals surface area contributed by atoms with Crippen LogP contribution < -0.4 is 9.47 Å². The average molecular weight is 306 g/mol. The number of aliphatic carboxylic acids is 1. The predicted molar refractivity (Wildman–Crippen MR) is 85.9 cm³/mol. The van der Waals surface area contributed by atoms with Gasteiger partial charge in [-0.05, 0) is 37.0 Å². The summed E-state index contributed by atoms with van der Waals surface area (Å²) in [5.41, 5.74) is 0.989. The number of hydrogen-bond acceptors (Lipinski definition) is 3. The van der Waals surface area contributed by atoms with Crippen LogP contribution in [0.15, 0.2) is 12.1 Å². The van der Waals surface area contributed by atoms with Gasteiger partial charge in [0, 0.05) is 5.56 Å². The van der Waals surface area contributed by atoms with E-state index in [1.54, 1.807) is 14.2 Å². The third-order valence-corrected chi connectivity index (χ3v) is 4.75. The summed E-state index contributed by atoms with van der Waals surface area (Å²) in [5.74, 6) is 0.688. The van der Waals surface area contributed by atoms with Gasteiger partial charge in [-0.25, -0.2) is 0 Å². The van der Waals surface area contributed by atoms with E-state index in [0.717, 1.165) is 49.0 Å². The van der Waals surface area contributed by atoms with Crippen molar-refractivity contribution in [3.8, 4) is 11.5 Å². The van der Waals surface area contributed by atoms with E-state index in [4.69, 9.17) is 9.47 Å². The Balaban J connectivity index is 2.58. The molecule has 0 bridgehead atoms. The topological polar surface area (TPSA) is 55.8 Å². The molecule has 2 rings (SSSR count). The van der Waals surface area contributed by atoms with Crippen LogP contribution in [0.3, 0.4) is 0 Å². The number of aryl methyl sites for hydroxylation is 1. The lowest BCUT2D eigenvalue weighted by Crippen LogP contribution is -2.38. The number of rotatable bonds is 6. The molecule has 0 saturated heterocycles. The van der Waals surface area contributed by atoms with Crippen molar-refractivity contribution in [3.05, 3.63) is 23.3 Å². The smallest absolute Gasteiger partial charge is 0.314 e. The first kappa shape index (κ1) is 16.7. The van der Waals surface area contributed by atoms with Gasteiger partial charge in [-0.3, -0.25) is 4.79 Å². The zero-order valence-corrected chi connectivity index (χ0v) is 13.8. The van der Waals surface area contributed by atoms with Crippen molar-refractivity contribution in [1.29, 1.82) is 0 Å². The first-order chi connectivity index (χ1) is 10.6. The maximum absolute atomic E-state index is 12.1. The Bertz CT molecular complexity index is 530. The zero-order chi connectivity index (χ0) is 16.2. The Morgan fingerprint density at radius 3 is 2.27 bits per heavy atom. The van der Waals surface area contributed by atoms with E-state index in [-0.39, 0.29) is 0 Å². The summed E-state index contributed by atoms with van der Waals surface area (Å²) in [5, 5.41) is 9.90. The molecule has 0 unspecified atom stereocenters. The van der Waals surface area contributed by atoms with Gasteiger partial charge < -0.3 is 14.6 Å². The summed E-state index contributed by atoms with van der Waals surface area (Å²) in [4.78, 5) is 12.1. The van der Waals surface area contributed by atoms with Crippen molar-refractivity contribution in [3.63, 3.8) is 0 Å². The van der Waals surface area contributed by atoms with Crippen LogP contribution in [0, 0.1) is 0 Å². The normalized spacial score (nSPS) is 17.0. The standard InChI is InChI=1S/C18H26O4/c1-4-8-13-11-16(22-3)14(12-15(13)21-2)18(17(19)20)9-6-5-7-10-18/h11-12H,4-10H2,1-3H3,(H,19,20). The second-order valence-electron chi connectivity index (χ2n) is 6.06. The largest absolute Gasteiger partial charge is 0.496 e. The van der Waals surface area contributed by atoms with Crippen molar-refractivity contribution >= 4 is 5.97 Å². The molecule has 22 heavy (non-hydrogen) atoms. The number of carboxylic acid groups (broad SMARTS) is 1. The number of methoxy groups -OCH3 is 2. The van der Waals surface area contributed by atoms with Gasteiger partial charge in [-0.1, -0.05) is 32.6 Å². The highest BCUT2D eigenvalue weighted by Gasteiger charge is 2.43. The van der Waals surface area contributed by atoms with Gasteiger partial charge in [-0.15, -0.1) is 0 Å². The van der Waals surface area contributed by atoms with Crippen LogP contribution in [0.25, 0.3) is 0 Å². The van der Waals surface area contributed by atoms with Crippen molar-refractivity contribution in [2.75, 3.05) is 14.2 Å². The molecule has 0 aliphatic heterocycles. The fraction of sp³-hybridized carbons (Fsp3) is 0.611. The minimum Gasteiger partial charge on any atom is -0.496 e. The summed E-state index contributed by atoms with van der Waals surface area (Å²) >= 11 is 0. The quantitative estimate of drug-likeness (QED) is 0.865. The molecule has 1 aliphatic rings. The fourth-order valence-electron chi connectivity index (χ4n) is 3.55. The fourth-order valence-corrected chi connectivity index (χ4v) is 3.55. The molecule has 0 atom stereocenters. The molecular formula is C18H26O4. The molecule has 1 saturated carbocycles. The number of ether oxygens (including phenoxy) is 2. The summed E-state index contributed by atoms with van der Waals surface area (Å²) in [6, 6.07) is 3.85. The zero-order valence-electron chi connectivity index (χ0n) is 13.8. The first-order valence-corrected chi connectivity index (χ1v) is 8.07. The van der Waals surface area contributed by atoms with E-state index < -0.39 is 11.4 Å². The molecule has 4 heteroatoms. The molecule has 0 heterocycles. The molecule has 1 aromatic carbocycles. The lowest BCUT2D eigenvalue weighted by Gasteiger charge is -2.35. The first-order valence-electron chi connectivity index (χ1n) is 8.07. The predicted octanol–water partition coefficient (Wildman–Crippen LogP) is 3.94. The van der Waals surface area contributed by atoms with E-state index >= 15 is 0 Å². The van der Waals surface area contributed by atoms with Crippen LogP contribution >= 0.6 is 0 Å². The highest BCUT2D eigenvalue weighted by molar-refractivity contribution is 5.83. The Labute approximate surface area is 132 Å². The van der Waals surface area contributed by atoms with E-state index in [0.29, 0.717) is 18.6 Å². The van der Waals surface area contributed by atoms with Gasteiger partial charge in [0.1, 0.15) is 11.5 Å². The van der Waals surface area contributed by atoms with Crippen molar-refractivity contribution < 1.29 is 19.4 Å². The third kappa shape index (κ3) is 2.92. The van der Waals surface area contributed by atoms with Gasteiger partial charge in [0.2, 0.25) is 0 Å². The number of carboxylic acids is 1. The summed E-state index contributed by atoms with van der Waals surface area (Å²) in [6.45, 7) is 2.11. The van der Waals surface area contributed by atoms with Gasteiger partial charge in [0.15, 0.2) is 0 Å². The third-order valence-electron chi connectivity index (χ3n) is 4.75. The van der Waals surface area contributed by atoms with Gasteiger partial charge >= 0.3 is 5.97 Å². The summed E-state index contributed by atoms with van der Waals surface area (Å²) in [6.07, 6.45) is 6.19. The minimum atomic E-state index is -0.846. The molecule has 0 radical (unpaired) electrons. The number of hydrogen-bond donors (Lipinski definition) is 1. The SMILES string of the molecule is CCCc1cc(OC)c(C2(C(=O)O)CCCCC2)cc1OC. The molecular weight excluding hydrogens is 280 g/mol. The van der Waals surface area contributed by atoms with Gasteiger partial charge in [-0.2, -0.15) is 0 Å². The Morgan fingerprint density at radius 2 is 1.77 bits per heavy atom. The molecule has 1 aromatic rings. The van der Waals surface area contributed by atoms with E-state index in [1.165, 1.54) is 0 Å². The Hall–Kier alpha value is -1.71.